The maximum absolute atomic E-state index is 13.1. The first-order chi connectivity index (χ1) is 13.1. The van der Waals surface area contributed by atoms with Gasteiger partial charge in [0, 0.05) is 5.56 Å². The smallest absolute Gasteiger partial charge is 0.357 e. The fourth-order valence-corrected chi connectivity index (χ4v) is 5.97. The lowest BCUT2D eigenvalue weighted by Crippen LogP contribution is -2.49. The van der Waals surface area contributed by atoms with Gasteiger partial charge in [0.2, 0.25) is 0 Å². The topological polar surface area (TPSA) is 59.3 Å². The summed E-state index contributed by atoms with van der Waals surface area (Å²) in [7, 11) is -2.25. The van der Waals surface area contributed by atoms with Crippen LogP contribution in [0.15, 0.2) is 60.7 Å². The molecule has 4 nitrogen and oxygen atoms in total. The minimum Gasteiger partial charge on any atom is -0.458 e. The van der Waals surface area contributed by atoms with E-state index >= 15 is 0 Å². The van der Waals surface area contributed by atoms with Crippen LogP contribution in [0.3, 0.4) is 0 Å². The Kier molecular flexibility index (Phi) is 7.34. The molecule has 0 aromatic heterocycles. The van der Waals surface area contributed by atoms with Crippen molar-refractivity contribution in [1.82, 2.24) is 0 Å². The van der Waals surface area contributed by atoms with Gasteiger partial charge in [0.05, 0.1) is 0 Å². The Balaban J connectivity index is 2.39. The van der Waals surface area contributed by atoms with Gasteiger partial charge in [0.1, 0.15) is 12.7 Å². The number of hydrogen-bond donors (Lipinski definition) is 0. The van der Waals surface area contributed by atoms with E-state index in [4.69, 9.17) is 9.16 Å². The average molecular weight is 382 g/mol. The second-order valence-electron chi connectivity index (χ2n) is 6.57. The van der Waals surface area contributed by atoms with Gasteiger partial charge in [-0.15, -0.1) is 0 Å². The molecule has 0 bridgehead atoms. The highest BCUT2D eigenvalue weighted by Gasteiger charge is 2.49. The van der Waals surface area contributed by atoms with E-state index in [-0.39, 0.29) is 6.61 Å². The molecule has 0 saturated heterocycles. The second kappa shape index (κ2) is 9.49. The van der Waals surface area contributed by atoms with Crippen LogP contribution < -0.4 is 0 Å². The molecule has 0 saturated carbocycles. The molecule has 2 aromatic rings. The van der Waals surface area contributed by atoms with E-state index in [1.165, 1.54) is 0 Å². The summed E-state index contributed by atoms with van der Waals surface area (Å²) in [5, 5.41) is 10.1. The molecule has 1 unspecified atom stereocenters. The Hall–Kier alpha value is -2.42. The molecule has 0 N–H and O–H groups in total. The van der Waals surface area contributed by atoms with Crippen molar-refractivity contribution in [3.8, 4) is 6.07 Å². The molecular weight excluding hydrogens is 354 g/mol. The molecule has 0 heterocycles. The van der Waals surface area contributed by atoms with E-state index in [0.717, 1.165) is 23.7 Å². The van der Waals surface area contributed by atoms with Crippen LogP contribution in [0.25, 0.3) is 0 Å². The SMILES string of the molecule is CC[Si](CC)(CC)OC(C#N)(C(=O)OCc1ccccc1)c1ccccc1. The molecule has 2 rings (SSSR count). The summed E-state index contributed by atoms with van der Waals surface area (Å²) in [5.41, 5.74) is -0.335. The van der Waals surface area contributed by atoms with Gasteiger partial charge in [-0.05, 0) is 23.7 Å². The van der Waals surface area contributed by atoms with Crippen molar-refractivity contribution in [1.29, 1.82) is 5.26 Å². The highest BCUT2D eigenvalue weighted by Crippen LogP contribution is 2.35. The lowest BCUT2D eigenvalue weighted by Gasteiger charge is -2.37. The van der Waals surface area contributed by atoms with Crippen LogP contribution in [0.5, 0.6) is 0 Å². The lowest BCUT2D eigenvalue weighted by molar-refractivity contribution is -0.160. The Morgan fingerprint density at radius 1 is 0.963 bits per heavy atom. The van der Waals surface area contributed by atoms with Crippen LogP contribution in [0.2, 0.25) is 18.1 Å². The van der Waals surface area contributed by atoms with Crippen molar-refractivity contribution < 1.29 is 14.0 Å². The molecular formula is C22H27NO3Si. The summed E-state index contributed by atoms with van der Waals surface area (Å²) in [4.78, 5) is 13.1. The van der Waals surface area contributed by atoms with Gasteiger partial charge < -0.3 is 9.16 Å². The number of esters is 1. The number of ether oxygens (including phenoxy) is 1. The first kappa shape index (κ1) is 20.9. The van der Waals surface area contributed by atoms with Gasteiger partial charge in [-0.2, -0.15) is 5.26 Å². The molecule has 0 radical (unpaired) electrons. The van der Waals surface area contributed by atoms with Crippen LogP contribution >= 0.6 is 0 Å². The van der Waals surface area contributed by atoms with E-state index < -0.39 is 19.9 Å². The van der Waals surface area contributed by atoms with Crippen LogP contribution in [0, 0.1) is 11.3 Å². The Morgan fingerprint density at radius 2 is 1.48 bits per heavy atom. The Morgan fingerprint density at radius 3 is 1.96 bits per heavy atom. The quantitative estimate of drug-likeness (QED) is 0.444. The number of hydrogen-bond acceptors (Lipinski definition) is 4. The van der Waals surface area contributed by atoms with E-state index in [1.807, 2.05) is 48.5 Å². The zero-order chi connectivity index (χ0) is 19.8. The van der Waals surface area contributed by atoms with E-state index in [0.29, 0.717) is 5.56 Å². The van der Waals surface area contributed by atoms with E-state index in [2.05, 4.69) is 26.8 Å². The van der Waals surface area contributed by atoms with Crippen molar-refractivity contribution in [2.75, 3.05) is 0 Å². The van der Waals surface area contributed by atoms with Crippen LogP contribution in [-0.2, 0) is 26.2 Å². The predicted molar refractivity (Wildman–Crippen MR) is 108 cm³/mol. The van der Waals surface area contributed by atoms with Gasteiger partial charge in [-0.1, -0.05) is 81.4 Å². The minimum atomic E-state index is -2.25. The Labute approximate surface area is 162 Å². The van der Waals surface area contributed by atoms with Crippen molar-refractivity contribution in [2.24, 2.45) is 0 Å². The number of carbonyl (C=O) groups is 1. The summed E-state index contributed by atoms with van der Waals surface area (Å²) < 4.78 is 12.0. The van der Waals surface area contributed by atoms with Crippen LogP contribution in [0.1, 0.15) is 31.9 Å². The maximum Gasteiger partial charge on any atom is 0.357 e. The molecule has 0 fully saturated rings. The molecule has 1 atom stereocenters. The molecule has 2 aromatic carbocycles. The van der Waals surface area contributed by atoms with Gasteiger partial charge in [-0.3, -0.25) is 0 Å². The van der Waals surface area contributed by atoms with Gasteiger partial charge in [0.15, 0.2) is 8.32 Å². The third kappa shape index (κ3) is 4.65. The molecule has 0 spiro atoms. The summed E-state index contributed by atoms with van der Waals surface area (Å²) >= 11 is 0. The first-order valence-electron chi connectivity index (χ1n) is 9.44. The molecule has 0 aliphatic rings. The lowest BCUT2D eigenvalue weighted by atomic mass is 9.96. The fraction of sp³-hybridized carbons (Fsp3) is 0.364. The molecule has 27 heavy (non-hydrogen) atoms. The second-order valence-corrected chi connectivity index (χ2v) is 11.3. The Bertz CT molecular complexity index is 761. The summed E-state index contributed by atoms with van der Waals surface area (Å²) in [6, 6.07) is 23.1. The highest BCUT2D eigenvalue weighted by atomic mass is 28.4. The van der Waals surface area contributed by atoms with Crippen LogP contribution in [0.4, 0.5) is 0 Å². The standard InChI is InChI=1S/C22H27NO3Si/c1-4-27(5-2,6-3)26-22(18-23,20-15-11-8-12-16-20)21(24)25-17-19-13-9-7-10-14-19/h7-16H,4-6,17H2,1-3H3. The normalized spacial score (nSPS) is 13.4. The molecule has 0 amide bonds. The minimum absolute atomic E-state index is 0.109. The van der Waals surface area contributed by atoms with E-state index in [9.17, 15) is 10.1 Å². The first-order valence-corrected chi connectivity index (χ1v) is 12.0. The van der Waals surface area contributed by atoms with Gasteiger partial charge in [0.25, 0.3) is 5.60 Å². The van der Waals surface area contributed by atoms with Crippen molar-refractivity contribution >= 4 is 14.3 Å². The summed E-state index contributed by atoms with van der Waals surface area (Å²) in [6.45, 7) is 6.32. The number of benzene rings is 2. The molecule has 142 valence electrons. The predicted octanol–water partition coefficient (Wildman–Crippen LogP) is 5.17. The summed E-state index contributed by atoms with van der Waals surface area (Å²) in [6.07, 6.45) is 0. The average Bonchev–Trinajstić information content (AvgIpc) is 2.75. The highest BCUT2D eigenvalue weighted by molar-refractivity contribution is 6.73. The fourth-order valence-electron chi connectivity index (χ4n) is 3.14. The number of carbonyl (C=O) groups excluding carboxylic acids is 1. The maximum atomic E-state index is 13.1. The van der Waals surface area contributed by atoms with Crippen LogP contribution in [-0.4, -0.2) is 14.3 Å². The zero-order valence-corrected chi connectivity index (χ0v) is 17.3. The van der Waals surface area contributed by atoms with Gasteiger partial charge >= 0.3 is 5.97 Å². The van der Waals surface area contributed by atoms with Crippen molar-refractivity contribution in [3.05, 3.63) is 71.8 Å². The largest absolute Gasteiger partial charge is 0.458 e. The molecule has 0 aliphatic heterocycles. The number of nitrogens with zero attached hydrogens (tertiary/aromatic N) is 1. The number of nitriles is 1. The van der Waals surface area contributed by atoms with E-state index in [1.54, 1.807) is 12.1 Å². The van der Waals surface area contributed by atoms with Gasteiger partial charge in [-0.25, -0.2) is 4.79 Å². The van der Waals surface area contributed by atoms with Crippen molar-refractivity contribution in [2.45, 2.75) is 51.1 Å². The monoisotopic (exact) mass is 381 g/mol. The molecule has 5 heteroatoms. The third-order valence-corrected chi connectivity index (χ3v) is 9.75. The number of rotatable bonds is 9. The molecule has 0 aliphatic carbocycles. The van der Waals surface area contributed by atoms with Crippen molar-refractivity contribution in [3.63, 3.8) is 0 Å². The zero-order valence-electron chi connectivity index (χ0n) is 16.3. The third-order valence-electron chi connectivity index (χ3n) is 5.14. The summed E-state index contributed by atoms with van der Waals surface area (Å²) in [5.74, 6) is -0.646.